The number of carbonyl (C=O) groups excluding carboxylic acids is 2. The lowest BCUT2D eigenvalue weighted by molar-refractivity contribution is 0.0744. The molecule has 1 aromatic heterocycles. The summed E-state index contributed by atoms with van der Waals surface area (Å²) < 4.78 is 5.59. The lowest BCUT2D eigenvalue weighted by Gasteiger charge is -2.36. The van der Waals surface area contributed by atoms with Gasteiger partial charge in [-0.05, 0) is 43.5 Å². The van der Waals surface area contributed by atoms with Crippen LogP contribution < -0.4 is 10.2 Å². The van der Waals surface area contributed by atoms with E-state index in [-0.39, 0.29) is 17.9 Å². The third kappa shape index (κ3) is 4.46. The summed E-state index contributed by atoms with van der Waals surface area (Å²) in [6, 6.07) is 11.3. The number of piperazine rings is 1. The van der Waals surface area contributed by atoms with Gasteiger partial charge in [0.1, 0.15) is 5.82 Å². The number of rotatable bonds is 5. The summed E-state index contributed by atoms with van der Waals surface area (Å²) in [7, 11) is 0. The predicted octanol–water partition coefficient (Wildman–Crippen LogP) is 2.26. The van der Waals surface area contributed by atoms with E-state index in [4.69, 9.17) is 4.74 Å². The molecule has 0 saturated carbocycles. The van der Waals surface area contributed by atoms with E-state index in [2.05, 4.69) is 15.2 Å². The van der Waals surface area contributed by atoms with Crippen LogP contribution >= 0.6 is 0 Å². The molecule has 3 heterocycles. The molecule has 158 valence electrons. The monoisotopic (exact) mass is 408 g/mol. The van der Waals surface area contributed by atoms with Crippen LogP contribution in [0.4, 0.5) is 5.82 Å². The molecule has 4 rings (SSSR count). The zero-order valence-electron chi connectivity index (χ0n) is 17.3. The third-order valence-electron chi connectivity index (χ3n) is 5.79. The van der Waals surface area contributed by atoms with Crippen LogP contribution in [0, 0.1) is 6.92 Å². The Morgan fingerprint density at radius 3 is 2.60 bits per heavy atom. The molecule has 2 amide bonds. The fourth-order valence-corrected chi connectivity index (χ4v) is 4.04. The highest BCUT2D eigenvalue weighted by Crippen LogP contribution is 2.21. The van der Waals surface area contributed by atoms with Crippen LogP contribution in [0.15, 0.2) is 42.6 Å². The van der Waals surface area contributed by atoms with Crippen LogP contribution in [0.3, 0.4) is 0 Å². The zero-order chi connectivity index (χ0) is 20.9. The van der Waals surface area contributed by atoms with Gasteiger partial charge in [-0.3, -0.25) is 9.59 Å². The molecule has 2 fully saturated rings. The number of hydrogen-bond acceptors (Lipinski definition) is 5. The standard InChI is InChI=1S/C23H28N4O3/c1-17-6-2-3-8-19(17)23(29)27-13-11-26(12-14-27)21-20(9-4-10-24-21)22(28)25-16-18-7-5-15-30-18/h2-4,6,8-10,18H,5,7,11-16H2,1H3,(H,25,28). The SMILES string of the molecule is Cc1ccccc1C(=O)N1CCN(c2ncccc2C(=O)NCC2CCCO2)CC1. The van der Waals surface area contributed by atoms with E-state index >= 15 is 0 Å². The number of nitrogens with zero attached hydrogens (tertiary/aromatic N) is 3. The van der Waals surface area contributed by atoms with E-state index in [1.54, 1.807) is 18.3 Å². The van der Waals surface area contributed by atoms with Gasteiger partial charge in [-0.2, -0.15) is 0 Å². The van der Waals surface area contributed by atoms with Crippen LogP contribution in [-0.4, -0.2) is 67.1 Å². The van der Waals surface area contributed by atoms with Gasteiger partial charge in [-0.1, -0.05) is 18.2 Å². The van der Waals surface area contributed by atoms with Gasteiger partial charge < -0.3 is 19.9 Å². The second-order valence-electron chi connectivity index (χ2n) is 7.81. The first-order valence-electron chi connectivity index (χ1n) is 10.6. The molecule has 0 aliphatic carbocycles. The highest BCUT2D eigenvalue weighted by atomic mass is 16.5. The molecular weight excluding hydrogens is 380 g/mol. The number of carbonyl (C=O) groups is 2. The number of benzene rings is 1. The summed E-state index contributed by atoms with van der Waals surface area (Å²) in [6.45, 7) is 5.72. The number of hydrogen-bond donors (Lipinski definition) is 1. The second kappa shape index (κ2) is 9.26. The Morgan fingerprint density at radius 2 is 1.87 bits per heavy atom. The van der Waals surface area contributed by atoms with Crippen LogP contribution in [0.1, 0.15) is 39.1 Å². The Balaban J connectivity index is 1.39. The van der Waals surface area contributed by atoms with Crippen molar-refractivity contribution in [2.45, 2.75) is 25.9 Å². The first-order valence-corrected chi connectivity index (χ1v) is 10.6. The maximum atomic E-state index is 12.9. The maximum Gasteiger partial charge on any atom is 0.255 e. The van der Waals surface area contributed by atoms with Gasteiger partial charge in [0.2, 0.25) is 0 Å². The summed E-state index contributed by atoms with van der Waals surface area (Å²) in [6.07, 6.45) is 3.84. The van der Waals surface area contributed by atoms with Gasteiger partial charge >= 0.3 is 0 Å². The molecule has 2 aliphatic heterocycles. The molecular formula is C23H28N4O3. The Labute approximate surface area is 177 Å². The summed E-state index contributed by atoms with van der Waals surface area (Å²) in [5.41, 5.74) is 2.30. The van der Waals surface area contributed by atoms with Gasteiger partial charge in [-0.15, -0.1) is 0 Å². The smallest absolute Gasteiger partial charge is 0.255 e. The van der Waals surface area contributed by atoms with E-state index in [1.165, 1.54) is 0 Å². The molecule has 2 saturated heterocycles. The lowest BCUT2D eigenvalue weighted by atomic mass is 10.1. The van der Waals surface area contributed by atoms with Crippen molar-refractivity contribution in [2.75, 3.05) is 44.2 Å². The normalized spacial score (nSPS) is 19.0. The minimum Gasteiger partial charge on any atom is -0.376 e. The minimum absolute atomic E-state index is 0.0586. The summed E-state index contributed by atoms with van der Waals surface area (Å²) >= 11 is 0. The molecule has 1 atom stereocenters. The second-order valence-corrected chi connectivity index (χ2v) is 7.81. The van der Waals surface area contributed by atoms with Crippen molar-refractivity contribution in [1.82, 2.24) is 15.2 Å². The average Bonchev–Trinajstić information content (AvgIpc) is 3.31. The van der Waals surface area contributed by atoms with Crippen LogP contribution in [0.25, 0.3) is 0 Å². The Hall–Kier alpha value is -2.93. The van der Waals surface area contributed by atoms with Crippen molar-refractivity contribution >= 4 is 17.6 Å². The predicted molar refractivity (Wildman–Crippen MR) is 115 cm³/mol. The van der Waals surface area contributed by atoms with E-state index in [0.29, 0.717) is 44.1 Å². The van der Waals surface area contributed by atoms with Gasteiger partial charge in [0.05, 0.1) is 11.7 Å². The first-order chi connectivity index (χ1) is 14.6. The van der Waals surface area contributed by atoms with Crippen LogP contribution in [0.2, 0.25) is 0 Å². The third-order valence-corrected chi connectivity index (χ3v) is 5.79. The van der Waals surface area contributed by atoms with Crippen LogP contribution in [0.5, 0.6) is 0 Å². The Kier molecular flexibility index (Phi) is 6.28. The highest BCUT2D eigenvalue weighted by molar-refractivity contribution is 5.99. The van der Waals surface area contributed by atoms with Crippen molar-refractivity contribution < 1.29 is 14.3 Å². The molecule has 7 heteroatoms. The van der Waals surface area contributed by atoms with Crippen molar-refractivity contribution in [1.29, 1.82) is 0 Å². The van der Waals surface area contributed by atoms with Crippen molar-refractivity contribution in [2.24, 2.45) is 0 Å². The first kappa shape index (κ1) is 20.3. The average molecular weight is 409 g/mol. The van der Waals surface area contributed by atoms with Crippen molar-refractivity contribution in [3.8, 4) is 0 Å². The quantitative estimate of drug-likeness (QED) is 0.822. The van der Waals surface area contributed by atoms with Gasteiger partial charge in [-0.25, -0.2) is 4.98 Å². The van der Waals surface area contributed by atoms with Crippen molar-refractivity contribution in [3.63, 3.8) is 0 Å². The van der Waals surface area contributed by atoms with E-state index in [1.807, 2.05) is 36.1 Å². The Morgan fingerprint density at radius 1 is 1.10 bits per heavy atom. The molecule has 1 N–H and O–H groups in total. The summed E-state index contributed by atoms with van der Waals surface area (Å²) in [5.74, 6) is 0.598. The number of pyridine rings is 1. The fraction of sp³-hybridized carbons (Fsp3) is 0.435. The highest BCUT2D eigenvalue weighted by Gasteiger charge is 2.26. The van der Waals surface area contributed by atoms with E-state index < -0.39 is 0 Å². The molecule has 1 aromatic carbocycles. The summed E-state index contributed by atoms with van der Waals surface area (Å²) in [5, 5.41) is 2.98. The van der Waals surface area contributed by atoms with E-state index in [9.17, 15) is 9.59 Å². The molecule has 0 spiro atoms. The fourth-order valence-electron chi connectivity index (χ4n) is 4.04. The number of anilines is 1. The molecule has 2 aliphatic rings. The molecule has 30 heavy (non-hydrogen) atoms. The van der Waals surface area contributed by atoms with Gasteiger partial charge in [0.15, 0.2) is 0 Å². The molecule has 1 unspecified atom stereocenters. The maximum absolute atomic E-state index is 12.9. The zero-order valence-corrected chi connectivity index (χ0v) is 17.3. The number of nitrogens with one attached hydrogen (secondary N) is 1. The van der Waals surface area contributed by atoms with Crippen molar-refractivity contribution in [3.05, 3.63) is 59.3 Å². The van der Waals surface area contributed by atoms with E-state index in [0.717, 1.165) is 30.6 Å². The lowest BCUT2D eigenvalue weighted by Crippen LogP contribution is -2.49. The Bertz CT molecular complexity index is 903. The number of aromatic nitrogens is 1. The molecule has 2 aromatic rings. The molecule has 0 radical (unpaired) electrons. The number of amides is 2. The molecule has 0 bridgehead atoms. The molecule has 7 nitrogen and oxygen atoms in total. The minimum atomic E-state index is -0.132. The number of ether oxygens (including phenoxy) is 1. The largest absolute Gasteiger partial charge is 0.376 e. The van der Waals surface area contributed by atoms with Crippen LogP contribution in [-0.2, 0) is 4.74 Å². The number of aryl methyl sites for hydroxylation is 1. The van der Waals surface area contributed by atoms with Gasteiger partial charge in [0.25, 0.3) is 11.8 Å². The van der Waals surface area contributed by atoms with Gasteiger partial charge in [0, 0.05) is 51.1 Å². The topological polar surface area (TPSA) is 74.8 Å². The summed E-state index contributed by atoms with van der Waals surface area (Å²) in [4.78, 5) is 34.1.